The lowest BCUT2D eigenvalue weighted by atomic mass is 9.92. The Morgan fingerprint density at radius 1 is 0.667 bits per heavy atom. The number of benzene rings is 2. The van der Waals surface area contributed by atoms with Crippen molar-refractivity contribution in [3.63, 3.8) is 0 Å². The minimum atomic E-state index is -1.99. The number of carbonyl (C=O) groups excluding carboxylic acids is 2. The molecule has 4 N–H and O–H groups in total. The van der Waals surface area contributed by atoms with Gasteiger partial charge in [-0.3, -0.25) is 9.59 Å². The van der Waals surface area contributed by atoms with Crippen LogP contribution in [-0.4, -0.2) is 56.4 Å². The van der Waals surface area contributed by atoms with Gasteiger partial charge in [-0.2, -0.15) is 0 Å². The van der Waals surface area contributed by atoms with Gasteiger partial charge in [0, 0.05) is 12.8 Å². The lowest BCUT2D eigenvalue weighted by Gasteiger charge is -2.21. The normalized spacial score (nSPS) is 15.3. The van der Waals surface area contributed by atoms with E-state index in [4.69, 9.17) is 0 Å². The van der Waals surface area contributed by atoms with Crippen LogP contribution in [0.15, 0.2) is 36.4 Å². The summed E-state index contributed by atoms with van der Waals surface area (Å²) in [7, 11) is 0. The Hall–Kier alpha value is -2.38. The quantitative estimate of drug-likeness (QED) is 0.460. The Morgan fingerprint density at radius 3 is 1.30 bits per heavy atom. The van der Waals surface area contributed by atoms with Crippen molar-refractivity contribution in [2.24, 2.45) is 0 Å². The van der Waals surface area contributed by atoms with E-state index in [9.17, 15) is 30.0 Å². The van der Waals surface area contributed by atoms with Crippen LogP contribution in [0.5, 0.6) is 0 Å². The summed E-state index contributed by atoms with van der Waals surface area (Å²) in [5.41, 5.74) is 5.34. The molecule has 2 rings (SSSR count). The topological polar surface area (TPSA) is 115 Å². The van der Waals surface area contributed by atoms with Gasteiger partial charge in [0.1, 0.15) is 12.2 Å². The highest BCUT2D eigenvalue weighted by Crippen LogP contribution is 2.17. The molecule has 0 heterocycles. The summed E-state index contributed by atoms with van der Waals surface area (Å²) in [5, 5.41) is 40.8. The number of aliphatic hydroxyl groups excluding tert-OH is 4. The van der Waals surface area contributed by atoms with Gasteiger partial charge < -0.3 is 20.4 Å². The summed E-state index contributed by atoms with van der Waals surface area (Å²) in [4.78, 5) is 24.6. The van der Waals surface area contributed by atoms with Gasteiger partial charge in [0.25, 0.3) is 0 Å². The zero-order valence-corrected chi connectivity index (χ0v) is 17.8. The van der Waals surface area contributed by atoms with Gasteiger partial charge >= 0.3 is 0 Å². The van der Waals surface area contributed by atoms with Gasteiger partial charge in [-0.15, -0.1) is 0 Å². The molecule has 0 aliphatic carbocycles. The van der Waals surface area contributed by atoms with Gasteiger partial charge in [0.2, 0.25) is 11.6 Å². The molecular weight excluding hydrogens is 384 g/mol. The van der Waals surface area contributed by atoms with E-state index in [2.05, 4.69) is 0 Å². The molecule has 2 aromatic carbocycles. The van der Waals surface area contributed by atoms with Crippen molar-refractivity contribution in [2.45, 2.75) is 65.0 Å². The van der Waals surface area contributed by atoms with Crippen LogP contribution < -0.4 is 0 Å². The largest absolute Gasteiger partial charge is 0.390 e. The zero-order valence-electron chi connectivity index (χ0n) is 17.8. The highest BCUT2D eigenvalue weighted by Gasteiger charge is 2.36. The van der Waals surface area contributed by atoms with Crippen LogP contribution in [0.3, 0.4) is 0 Å². The molecule has 0 fully saturated rings. The fourth-order valence-corrected chi connectivity index (χ4v) is 3.46. The van der Waals surface area contributed by atoms with Gasteiger partial charge in [-0.05, 0) is 49.9 Å². The van der Waals surface area contributed by atoms with Crippen molar-refractivity contribution in [3.8, 4) is 0 Å². The molecule has 0 bridgehead atoms. The Labute approximate surface area is 176 Å². The van der Waals surface area contributed by atoms with Gasteiger partial charge in [-0.25, -0.2) is 0 Å². The Balaban J connectivity index is 2.02. The first-order valence-corrected chi connectivity index (χ1v) is 9.93. The summed E-state index contributed by atoms with van der Waals surface area (Å²) >= 11 is 0. The molecule has 0 saturated heterocycles. The lowest BCUT2D eigenvalue weighted by Crippen LogP contribution is -2.47. The fraction of sp³-hybridized carbons (Fsp3) is 0.417. The first kappa shape index (κ1) is 23.9. The molecule has 0 aliphatic heterocycles. The molecule has 0 radical (unpaired) electrons. The Morgan fingerprint density at radius 2 is 1.00 bits per heavy atom. The van der Waals surface area contributed by atoms with E-state index in [0.717, 1.165) is 33.4 Å². The van der Waals surface area contributed by atoms with Gasteiger partial charge in [0.05, 0.1) is 12.2 Å². The SMILES string of the molecule is Cc1ccc(CC(O)[C@H](O)C(=O)C(=O)[C@H](O)C(O)Cc2ccc(C)cc2C)c(C)c1. The second-order valence-electron chi connectivity index (χ2n) is 8.02. The number of aryl methyl sites for hydroxylation is 4. The average molecular weight is 414 g/mol. The standard InChI is InChI=1S/C24H30O6/c1-13-5-7-17(15(3)9-13)11-19(25)21(27)23(29)24(30)22(28)20(26)12-18-8-6-14(2)10-16(18)4/h5-10,19-22,25-28H,11-12H2,1-4H3/t19?,20?,21-,22+. The molecule has 0 amide bonds. The third-order valence-electron chi connectivity index (χ3n) is 5.36. The lowest BCUT2D eigenvalue weighted by molar-refractivity contribution is -0.152. The summed E-state index contributed by atoms with van der Waals surface area (Å²) < 4.78 is 0. The molecule has 30 heavy (non-hydrogen) atoms. The van der Waals surface area contributed by atoms with Crippen molar-refractivity contribution in [1.82, 2.24) is 0 Å². The van der Waals surface area contributed by atoms with Gasteiger partial charge in [0.15, 0.2) is 0 Å². The van der Waals surface area contributed by atoms with E-state index in [1.807, 2.05) is 52.0 Å². The van der Waals surface area contributed by atoms with E-state index in [1.165, 1.54) is 0 Å². The number of ketones is 2. The van der Waals surface area contributed by atoms with Gasteiger partial charge in [-0.1, -0.05) is 47.5 Å². The molecule has 162 valence electrons. The van der Waals surface area contributed by atoms with Crippen LogP contribution in [-0.2, 0) is 22.4 Å². The van der Waals surface area contributed by atoms with E-state index < -0.39 is 36.0 Å². The molecule has 0 aliphatic rings. The molecular formula is C24H30O6. The Kier molecular flexibility index (Phi) is 8.03. The molecule has 6 nitrogen and oxygen atoms in total. The monoisotopic (exact) mass is 414 g/mol. The second-order valence-corrected chi connectivity index (χ2v) is 8.02. The average Bonchev–Trinajstić information content (AvgIpc) is 2.69. The molecule has 2 aromatic rings. The van der Waals surface area contributed by atoms with E-state index in [0.29, 0.717) is 0 Å². The fourth-order valence-electron chi connectivity index (χ4n) is 3.46. The maximum atomic E-state index is 12.3. The Bertz CT molecular complexity index is 844. The number of aliphatic hydroxyl groups is 4. The smallest absolute Gasteiger partial charge is 0.232 e. The highest BCUT2D eigenvalue weighted by atomic mass is 16.3. The summed E-state index contributed by atoms with van der Waals surface area (Å²) in [6, 6.07) is 11.1. The van der Waals surface area contributed by atoms with Crippen molar-refractivity contribution in [2.75, 3.05) is 0 Å². The van der Waals surface area contributed by atoms with Crippen LogP contribution in [0.1, 0.15) is 33.4 Å². The van der Waals surface area contributed by atoms with E-state index in [1.54, 1.807) is 12.1 Å². The number of rotatable bonds is 9. The van der Waals surface area contributed by atoms with Crippen molar-refractivity contribution in [1.29, 1.82) is 0 Å². The van der Waals surface area contributed by atoms with E-state index >= 15 is 0 Å². The zero-order chi connectivity index (χ0) is 22.6. The third kappa shape index (κ3) is 5.83. The predicted molar refractivity (Wildman–Crippen MR) is 113 cm³/mol. The van der Waals surface area contributed by atoms with Crippen LogP contribution in [0.4, 0.5) is 0 Å². The number of hydrogen-bond acceptors (Lipinski definition) is 6. The summed E-state index contributed by atoms with van der Waals surface area (Å²) in [6.07, 6.45) is -7.03. The molecule has 0 spiro atoms. The highest BCUT2D eigenvalue weighted by molar-refractivity contribution is 6.40. The van der Waals surface area contributed by atoms with Crippen molar-refractivity contribution in [3.05, 3.63) is 69.8 Å². The number of hydrogen-bond donors (Lipinski definition) is 4. The van der Waals surface area contributed by atoms with Crippen LogP contribution in [0.25, 0.3) is 0 Å². The van der Waals surface area contributed by atoms with Crippen LogP contribution >= 0.6 is 0 Å². The maximum absolute atomic E-state index is 12.3. The van der Waals surface area contributed by atoms with Crippen molar-refractivity contribution < 1.29 is 30.0 Å². The molecule has 2 unspecified atom stereocenters. The predicted octanol–water partition coefficient (Wildman–Crippen LogP) is 1.29. The molecule has 0 saturated carbocycles. The second kappa shape index (κ2) is 10.1. The number of carbonyl (C=O) groups is 2. The van der Waals surface area contributed by atoms with Crippen LogP contribution in [0, 0.1) is 27.7 Å². The first-order chi connectivity index (χ1) is 14.0. The molecule has 4 atom stereocenters. The molecule has 6 heteroatoms. The summed E-state index contributed by atoms with van der Waals surface area (Å²) in [6.45, 7) is 7.55. The van der Waals surface area contributed by atoms with Crippen LogP contribution in [0.2, 0.25) is 0 Å². The first-order valence-electron chi connectivity index (χ1n) is 9.93. The third-order valence-corrected chi connectivity index (χ3v) is 5.36. The maximum Gasteiger partial charge on any atom is 0.232 e. The molecule has 0 aromatic heterocycles. The summed E-state index contributed by atoms with van der Waals surface area (Å²) in [5.74, 6) is -2.64. The number of Topliss-reactive ketones (excluding diaryl/α,β-unsaturated/α-hetero) is 2. The van der Waals surface area contributed by atoms with Crippen molar-refractivity contribution >= 4 is 11.6 Å². The minimum Gasteiger partial charge on any atom is -0.390 e. The van der Waals surface area contributed by atoms with E-state index in [-0.39, 0.29) is 12.8 Å². The minimum absolute atomic E-state index is 0.0203.